The number of nitrogens with one attached hydrogen (secondary N) is 1. The molecular weight excluding hydrogens is 336 g/mol. The summed E-state index contributed by atoms with van der Waals surface area (Å²) in [4.78, 5) is 22.6. The Bertz CT molecular complexity index is 734. The van der Waals surface area contributed by atoms with Crippen LogP contribution in [0.5, 0.6) is 5.75 Å². The van der Waals surface area contributed by atoms with E-state index in [0.29, 0.717) is 24.8 Å². The van der Waals surface area contributed by atoms with Gasteiger partial charge in [0.25, 0.3) is 5.91 Å². The molecule has 24 heavy (non-hydrogen) atoms. The molecule has 2 aromatic rings. The summed E-state index contributed by atoms with van der Waals surface area (Å²) in [5.41, 5.74) is -0.145. The Morgan fingerprint density at radius 2 is 2.21 bits per heavy atom. The fraction of sp³-hybridized carbons (Fsp3) is 0.357. The van der Waals surface area contributed by atoms with E-state index in [0.717, 1.165) is 11.1 Å². The van der Waals surface area contributed by atoms with Crippen molar-refractivity contribution in [3.8, 4) is 5.75 Å². The number of nitrogens with zero attached hydrogens (tertiary/aromatic N) is 3. The second kappa shape index (κ2) is 8.31. The molecule has 0 aliphatic carbocycles. The molecule has 0 bridgehead atoms. The zero-order valence-electron chi connectivity index (χ0n) is 13.1. The van der Waals surface area contributed by atoms with Gasteiger partial charge in [0.2, 0.25) is 5.13 Å². The highest BCUT2D eigenvalue weighted by Crippen LogP contribution is 2.28. The Morgan fingerprint density at radius 1 is 1.42 bits per heavy atom. The first-order valence-electron chi connectivity index (χ1n) is 7.09. The van der Waals surface area contributed by atoms with Gasteiger partial charge < -0.3 is 9.47 Å². The standard InChI is InChI=1S/C14H16N4O5S/c1-3-23-7-6-12-16-17-14(24-12)15-13(19)9-4-5-11(22-2)10(8-9)18(20)21/h4-5,8H,3,6-7H2,1-2H3,(H,15,17,19). The van der Waals surface area contributed by atoms with Crippen LogP contribution < -0.4 is 10.1 Å². The number of methoxy groups -OCH3 is 1. The van der Waals surface area contributed by atoms with E-state index < -0.39 is 10.8 Å². The molecule has 2 rings (SSSR count). The molecule has 1 heterocycles. The molecule has 0 fully saturated rings. The van der Waals surface area contributed by atoms with Gasteiger partial charge in [-0.1, -0.05) is 11.3 Å². The lowest BCUT2D eigenvalue weighted by Crippen LogP contribution is -2.12. The lowest BCUT2D eigenvalue weighted by Gasteiger charge is -2.04. The van der Waals surface area contributed by atoms with Crippen LogP contribution in [0.4, 0.5) is 10.8 Å². The number of aromatic nitrogens is 2. The number of ether oxygens (including phenoxy) is 2. The summed E-state index contributed by atoms with van der Waals surface area (Å²) in [6, 6.07) is 3.98. The summed E-state index contributed by atoms with van der Waals surface area (Å²) < 4.78 is 10.1. The van der Waals surface area contributed by atoms with Crippen LogP contribution in [-0.2, 0) is 11.2 Å². The number of amides is 1. The van der Waals surface area contributed by atoms with Crippen molar-refractivity contribution in [1.82, 2.24) is 10.2 Å². The average Bonchev–Trinajstić information content (AvgIpc) is 3.01. The number of nitro groups is 1. The number of carbonyl (C=O) groups excluding carboxylic acids is 1. The van der Waals surface area contributed by atoms with Crippen molar-refractivity contribution < 1.29 is 19.2 Å². The van der Waals surface area contributed by atoms with E-state index in [4.69, 9.17) is 9.47 Å². The van der Waals surface area contributed by atoms with Gasteiger partial charge in [-0.2, -0.15) is 0 Å². The molecule has 0 aliphatic heterocycles. The van der Waals surface area contributed by atoms with E-state index in [9.17, 15) is 14.9 Å². The normalized spacial score (nSPS) is 10.4. The summed E-state index contributed by atoms with van der Waals surface area (Å²) in [6.45, 7) is 3.06. The van der Waals surface area contributed by atoms with Gasteiger partial charge in [-0.3, -0.25) is 20.2 Å². The van der Waals surface area contributed by atoms with E-state index in [-0.39, 0.29) is 17.0 Å². The molecule has 9 nitrogen and oxygen atoms in total. The Morgan fingerprint density at radius 3 is 2.88 bits per heavy atom. The van der Waals surface area contributed by atoms with Gasteiger partial charge >= 0.3 is 5.69 Å². The zero-order chi connectivity index (χ0) is 17.5. The number of nitro benzene ring substituents is 1. The SMILES string of the molecule is CCOCCc1nnc(NC(=O)c2ccc(OC)c([N+](=O)[O-])c2)s1. The molecule has 0 spiro atoms. The van der Waals surface area contributed by atoms with Gasteiger partial charge in [0.15, 0.2) is 5.75 Å². The molecule has 0 radical (unpaired) electrons. The monoisotopic (exact) mass is 352 g/mol. The zero-order valence-corrected chi connectivity index (χ0v) is 14.0. The maximum Gasteiger partial charge on any atom is 0.311 e. The van der Waals surface area contributed by atoms with Gasteiger partial charge in [0.1, 0.15) is 5.01 Å². The smallest absolute Gasteiger partial charge is 0.311 e. The highest BCUT2D eigenvalue weighted by molar-refractivity contribution is 7.15. The topological polar surface area (TPSA) is 116 Å². The number of hydrogen-bond donors (Lipinski definition) is 1. The molecule has 0 saturated carbocycles. The number of anilines is 1. The number of carbonyl (C=O) groups is 1. The predicted molar refractivity (Wildman–Crippen MR) is 87.7 cm³/mol. The molecule has 0 aliphatic rings. The van der Waals surface area contributed by atoms with Crippen LogP contribution in [0.3, 0.4) is 0 Å². The van der Waals surface area contributed by atoms with Crippen molar-refractivity contribution in [1.29, 1.82) is 0 Å². The molecule has 128 valence electrons. The predicted octanol–water partition coefficient (Wildman–Crippen LogP) is 2.29. The molecule has 0 unspecified atom stereocenters. The van der Waals surface area contributed by atoms with Gasteiger partial charge in [-0.15, -0.1) is 10.2 Å². The van der Waals surface area contributed by atoms with Crippen molar-refractivity contribution in [2.24, 2.45) is 0 Å². The average molecular weight is 352 g/mol. The fourth-order valence-electron chi connectivity index (χ4n) is 1.85. The third-order valence-electron chi connectivity index (χ3n) is 2.99. The maximum atomic E-state index is 12.2. The van der Waals surface area contributed by atoms with Crippen LogP contribution in [0.25, 0.3) is 0 Å². The Kier molecular flexibility index (Phi) is 6.15. The van der Waals surface area contributed by atoms with Gasteiger partial charge in [0.05, 0.1) is 18.6 Å². The fourth-order valence-corrected chi connectivity index (χ4v) is 2.57. The van der Waals surface area contributed by atoms with Crippen LogP contribution in [0, 0.1) is 10.1 Å². The van der Waals surface area contributed by atoms with Crippen LogP contribution in [-0.4, -0.2) is 41.4 Å². The quantitative estimate of drug-likeness (QED) is 0.440. The molecule has 1 aromatic heterocycles. The van der Waals surface area contributed by atoms with Crippen molar-refractivity contribution in [2.75, 3.05) is 25.6 Å². The molecule has 0 saturated heterocycles. The van der Waals surface area contributed by atoms with Crippen LogP contribution in [0.15, 0.2) is 18.2 Å². The van der Waals surface area contributed by atoms with E-state index >= 15 is 0 Å². The Balaban J connectivity index is 2.07. The first kappa shape index (κ1) is 17.8. The third-order valence-corrected chi connectivity index (χ3v) is 3.89. The lowest BCUT2D eigenvalue weighted by molar-refractivity contribution is -0.385. The van der Waals surface area contributed by atoms with E-state index in [1.165, 1.54) is 30.6 Å². The van der Waals surface area contributed by atoms with Gasteiger partial charge in [0, 0.05) is 24.7 Å². The summed E-state index contributed by atoms with van der Waals surface area (Å²) in [6.07, 6.45) is 0.607. The van der Waals surface area contributed by atoms with Crippen molar-refractivity contribution in [2.45, 2.75) is 13.3 Å². The second-order valence-electron chi connectivity index (χ2n) is 4.55. The van der Waals surface area contributed by atoms with Gasteiger partial charge in [-0.05, 0) is 19.1 Å². The minimum atomic E-state index is -0.605. The highest BCUT2D eigenvalue weighted by atomic mass is 32.1. The van der Waals surface area contributed by atoms with Crippen molar-refractivity contribution >= 4 is 28.1 Å². The molecule has 1 amide bonds. The highest BCUT2D eigenvalue weighted by Gasteiger charge is 2.19. The third kappa shape index (κ3) is 4.46. The number of hydrogen-bond acceptors (Lipinski definition) is 8. The minimum Gasteiger partial charge on any atom is -0.490 e. The molecule has 1 N–H and O–H groups in total. The van der Waals surface area contributed by atoms with Crippen LogP contribution >= 0.6 is 11.3 Å². The van der Waals surface area contributed by atoms with E-state index in [1.54, 1.807) is 0 Å². The molecule has 10 heteroatoms. The Labute approximate surface area is 141 Å². The number of benzene rings is 1. The van der Waals surface area contributed by atoms with Crippen LogP contribution in [0.1, 0.15) is 22.3 Å². The number of rotatable bonds is 8. The van der Waals surface area contributed by atoms with Crippen molar-refractivity contribution in [3.63, 3.8) is 0 Å². The first-order chi connectivity index (χ1) is 11.5. The van der Waals surface area contributed by atoms with Gasteiger partial charge in [-0.25, -0.2) is 0 Å². The first-order valence-corrected chi connectivity index (χ1v) is 7.90. The van der Waals surface area contributed by atoms with Crippen molar-refractivity contribution in [3.05, 3.63) is 38.9 Å². The molecular formula is C14H16N4O5S. The summed E-state index contributed by atoms with van der Waals surface area (Å²) in [5.74, 6) is -0.418. The van der Waals surface area contributed by atoms with E-state index in [1.807, 2.05) is 6.92 Å². The molecule has 1 aromatic carbocycles. The molecule has 0 atom stereocenters. The maximum absolute atomic E-state index is 12.2. The van der Waals surface area contributed by atoms with E-state index in [2.05, 4.69) is 15.5 Å². The minimum absolute atomic E-state index is 0.0886. The summed E-state index contributed by atoms with van der Waals surface area (Å²) >= 11 is 1.23. The summed E-state index contributed by atoms with van der Waals surface area (Å²) in [5, 5.41) is 22.5. The lowest BCUT2D eigenvalue weighted by atomic mass is 10.2. The largest absolute Gasteiger partial charge is 0.490 e. The van der Waals surface area contributed by atoms with Crippen LogP contribution in [0.2, 0.25) is 0 Å². The Hall–Kier alpha value is -2.59. The summed E-state index contributed by atoms with van der Waals surface area (Å²) in [7, 11) is 1.33. The second-order valence-corrected chi connectivity index (χ2v) is 5.61.